The molecule has 7 heteroatoms. The first-order chi connectivity index (χ1) is 12.3. The van der Waals surface area contributed by atoms with Gasteiger partial charge in [-0.25, -0.2) is 9.78 Å². The summed E-state index contributed by atoms with van der Waals surface area (Å²) in [5.41, 5.74) is 1.45. The normalized spacial score (nSPS) is 18.1. The van der Waals surface area contributed by atoms with E-state index in [0.717, 1.165) is 42.5 Å². The Balaban J connectivity index is 1.69. The number of carbonyl (C=O) groups excluding carboxylic acids is 1. The Bertz CT molecular complexity index is 773. The molecular weight excluding hydrogens is 334 g/mol. The molecule has 142 valence electrons. The van der Waals surface area contributed by atoms with Gasteiger partial charge in [-0.3, -0.25) is 5.32 Å². The second-order valence-electron chi connectivity index (χ2n) is 7.56. The van der Waals surface area contributed by atoms with Gasteiger partial charge in [0.15, 0.2) is 6.29 Å². The molecule has 0 radical (unpaired) electrons. The smallest absolute Gasteiger partial charge is 0.413 e. The third-order valence-corrected chi connectivity index (χ3v) is 4.21. The molecular formula is C19H27N3O4. The number of aryl methyl sites for hydroxylation is 1. The quantitative estimate of drug-likeness (QED) is 0.892. The summed E-state index contributed by atoms with van der Waals surface area (Å²) in [6.45, 7) is 6.71. The van der Waals surface area contributed by atoms with Crippen LogP contribution in [0.3, 0.4) is 0 Å². The van der Waals surface area contributed by atoms with Crippen molar-refractivity contribution in [2.24, 2.45) is 7.05 Å². The Morgan fingerprint density at radius 3 is 2.88 bits per heavy atom. The first kappa shape index (κ1) is 18.7. The van der Waals surface area contributed by atoms with Crippen molar-refractivity contribution in [2.75, 3.05) is 11.9 Å². The van der Waals surface area contributed by atoms with Gasteiger partial charge in [-0.15, -0.1) is 0 Å². The summed E-state index contributed by atoms with van der Waals surface area (Å²) in [6, 6.07) is 3.88. The third kappa shape index (κ3) is 4.74. The lowest BCUT2D eigenvalue weighted by molar-refractivity contribution is -0.169. The van der Waals surface area contributed by atoms with Gasteiger partial charge in [0, 0.05) is 37.0 Å². The van der Waals surface area contributed by atoms with Crippen LogP contribution in [0.15, 0.2) is 18.3 Å². The molecule has 1 aliphatic rings. The molecule has 2 aromatic rings. The van der Waals surface area contributed by atoms with Crippen LogP contribution in [0.4, 0.5) is 10.6 Å². The topological polar surface area (TPSA) is 74.6 Å². The highest BCUT2D eigenvalue weighted by molar-refractivity contribution is 5.88. The van der Waals surface area contributed by atoms with Crippen LogP contribution in [0.2, 0.25) is 0 Å². The molecule has 0 spiro atoms. The maximum atomic E-state index is 11.9. The number of hydrogen-bond donors (Lipinski definition) is 1. The number of hydrogen-bond acceptors (Lipinski definition) is 5. The third-order valence-electron chi connectivity index (χ3n) is 4.21. The summed E-state index contributed by atoms with van der Waals surface area (Å²) in [5.74, 6) is 0.455. The molecule has 1 saturated heterocycles. The van der Waals surface area contributed by atoms with Crippen LogP contribution in [0, 0.1) is 0 Å². The van der Waals surface area contributed by atoms with Crippen molar-refractivity contribution in [3.63, 3.8) is 0 Å². The first-order valence-corrected chi connectivity index (χ1v) is 8.99. The average Bonchev–Trinajstić information content (AvgIpc) is 2.88. The van der Waals surface area contributed by atoms with Crippen LogP contribution in [0.1, 0.15) is 45.7 Å². The van der Waals surface area contributed by atoms with Gasteiger partial charge in [-0.1, -0.05) is 0 Å². The van der Waals surface area contributed by atoms with Crippen LogP contribution in [0.5, 0.6) is 0 Å². The molecule has 0 aromatic carbocycles. The van der Waals surface area contributed by atoms with Crippen LogP contribution in [-0.4, -0.2) is 34.1 Å². The number of rotatable bonds is 4. The molecule has 3 rings (SSSR count). The number of aromatic nitrogens is 2. The van der Waals surface area contributed by atoms with E-state index >= 15 is 0 Å². The highest BCUT2D eigenvalue weighted by Crippen LogP contribution is 2.23. The fraction of sp³-hybridized carbons (Fsp3) is 0.579. The van der Waals surface area contributed by atoms with E-state index in [1.165, 1.54) is 0 Å². The van der Waals surface area contributed by atoms with Crippen LogP contribution in [0.25, 0.3) is 10.9 Å². The van der Waals surface area contributed by atoms with E-state index < -0.39 is 11.7 Å². The van der Waals surface area contributed by atoms with Gasteiger partial charge >= 0.3 is 6.09 Å². The van der Waals surface area contributed by atoms with Gasteiger partial charge in [-0.2, -0.15) is 0 Å². The standard InChI is InChI=1S/C19H27N3O4/c1-19(2,3)26-18(23)21-16-10-15-13(11-20-16)9-14(22(15)4)12-25-17-7-5-6-8-24-17/h9-11,17H,5-8,12H2,1-4H3,(H,20,21,23). The highest BCUT2D eigenvalue weighted by Gasteiger charge is 2.18. The van der Waals surface area contributed by atoms with Crippen LogP contribution in [-0.2, 0) is 27.9 Å². The zero-order chi connectivity index (χ0) is 18.7. The Hall–Kier alpha value is -2.12. The average molecular weight is 361 g/mol. The fourth-order valence-electron chi connectivity index (χ4n) is 2.92. The van der Waals surface area contributed by atoms with E-state index in [-0.39, 0.29) is 6.29 Å². The van der Waals surface area contributed by atoms with Crippen molar-refractivity contribution in [3.8, 4) is 0 Å². The van der Waals surface area contributed by atoms with Gasteiger partial charge in [0.25, 0.3) is 0 Å². The number of nitrogens with zero attached hydrogens (tertiary/aromatic N) is 2. The molecule has 26 heavy (non-hydrogen) atoms. The monoisotopic (exact) mass is 361 g/mol. The number of amides is 1. The summed E-state index contributed by atoms with van der Waals surface area (Å²) >= 11 is 0. The Kier molecular flexibility index (Phi) is 5.48. The molecule has 1 amide bonds. The maximum Gasteiger partial charge on any atom is 0.413 e. The van der Waals surface area contributed by atoms with Crippen molar-refractivity contribution in [3.05, 3.63) is 24.0 Å². The predicted molar refractivity (Wildman–Crippen MR) is 99.0 cm³/mol. The van der Waals surface area contributed by atoms with E-state index in [2.05, 4.69) is 10.3 Å². The lowest BCUT2D eigenvalue weighted by Crippen LogP contribution is -2.27. The van der Waals surface area contributed by atoms with E-state index in [4.69, 9.17) is 14.2 Å². The molecule has 1 N–H and O–H groups in total. The molecule has 3 heterocycles. The summed E-state index contributed by atoms with van der Waals surface area (Å²) in [4.78, 5) is 16.2. The number of anilines is 1. The number of carbonyl (C=O) groups is 1. The highest BCUT2D eigenvalue weighted by atomic mass is 16.7. The van der Waals surface area contributed by atoms with Crippen molar-refractivity contribution in [1.82, 2.24) is 9.55 Å². The molecule has 2 aromatic heterocycles. The molecule has 1 fully saturated rings. The predicted octanol–water partition coefficient (Wildman–Crippen LogP) is 3.96. The zero-order valence-corrected chi connectivity index (χ0v) is 15.9. The Morgan fingerprint density at radius 1 is 1.38 bits per heavy atom. The SMILES string of the molecule is Cn1c(COC2CCCCO2)cc2cnc(NC(=O)OC(C)(C)C)cc21. The van der Waals surface area contributed by atoms with Gasteiger partial charge in [-0.05, 0) is 46.1 Å². The van der Waals surface area contributed by atoms with Gasteiger partial charge in [0.05, 0.1) is 12.1 Å². The van der Waals surface area contributed by atoms with Crippen LogP contribution >= 0.6 is 0 Å². The van der Waals surface area contributed by atoms with Gasteiger partial charge in [0.1, 0.15) is 11.4 Å². The molecule has 1 unspecified atom stereocenters. The molecule has 0 bridgehead atoms. The minimum absolute atomic E-state index is 0.121. The second kappa shape index (κ2) is 7.63. The van der Waals surface area contributed by atoms with Gasteiger partial charge < -0.3 is 18.8 Å². The minimum Gasteiger partial charge on any atom is -0.444 e. The largest absolute Gasteiger partial charge is 0.444 e. The molecule has 7 nitrogen and oxygen atoms in total. The summed E-state index contributed by atoms with van der Waals surface area (Å²) in [6.07, 6.45) is 4.29. The lowest BCUT2D eigenvalue weighted by Gasteiger charge is -2.22. The number of ether oxygens (including phenoxy) is 3. The molecule has 0 saturated carbocycles. The summed E-state index contributed by atoms with van der Waals surface area (Å²) < 4.78 is 18.8. The number of fused-ring (bicyclic) bond motifs is 1. The van der Waals surface area contributed by atoms with Crippen molar-refractivity contribution in [1.29, 1.82) is 0 Å². The van der Waals surface area contributed by atoms with Crippen molar-refractivity contribution < 1.29 is 19.0 Å². The molecule has 0 aliphatic carbocycles. The Labute approximate surface area is 153 Å². The fourth-order valence-corrected chi connectivity index (χ4v) is 2.92. The lowest BCUT2D eigenvalue weighted by atomic mass is 10.2. The summed E-state index contributed by atoms with van der Waals surface area (Å²) in [7, 11) is 1.97. The number of pyridine rings is 1. The van der Waals surface area contributed by atoms with E-state index in [0.29, 0.717) is 12.4 Å². The van der Waals surface area contributed by atoms with Crippen molar-refractivity contribution >= 4 is 22.8 Å². The second-order valence-corrected chi connectivity index (χ2v) is 7.56. The van der Waals surface area contributed by atoms with Crippen molar-refractivity contribution in [2.45, 2.75) is 58.5 Å². The first-order valence-electron chi connectivity index (χ1n) is 8.99. The Morgan fingerprint density at radius 2 is 2.19 bits per heavy atom. The zero-order valence-electron chi connectivity index (χ0n) is 15.9. The number of nitrogens with one attached hydrogen (secondary N) is 1. The summed E-state index contributed by atoms with van der Waals surface area (Å²) in [5, 5.41) is 3.67. The molecule has 1 aliphatic heterocycles. The maximum absolute atomic E-state index is 11.9. The minimum atomic E-state index is -0.551. The molecule has 1 atom stereocenters. The van der Waals surface area contributed by atoms with E-state index in [1.54, 1.807) is 6.20 Å². The van der Waals surface area contributed by atoms with E-state index in [1.807, 2.05) is 44.5 Å². The van der Waals surface area contributed by atoms with E-state index in [9.17, 15) is 4.79 Å². The van der Waals surface area contributed by atoms with Gasteiger partial charge in [0.2, 0.25) is 0 Å². The van der Waals surface area contributed by atoms with Crippen LogP contribution < -0.4 is 5.32 Å².